The molecule has 0 saturated carbocycles. The maximum Gasteiger partial charge on any atom is 0.418 e. The van der Waals surface area contributed by atoms with Gasteiger partial charge in [-0.05, 0) is 25.1 Å². The van der Waals surface area contributed by atoms with Crippen molar-refractivity contribution >= 4 is 28.6 Å². The van der Waals surface area contributed by atoms with Gasteiger partial charge < -0.3 is 9.47 Å². The molecule has 0 spiro atoms. The molecule has 90 valence electrons. The van der Waals surface area contributed by atoms with Gasteiger partial charge >= 0.3 is 6.09 Å². The van der Waals surface area contributed by atoms with Crippen molar-refractivity contribution in [3.8, 4) is 5.75 Å². The molecule has 17 heavy (non-hydrogen) atoms. The zero-order chi connectivity index (χ0) is 12.6. The average Bonchev–Trinajstić information content (AvgIpc) is 2.66. The van der Waals surface area contributed by atoms with Crippen LogP contribution < -0.4 is 4.74 Å². The lowest BCUT2D eigenvalue weighted by Crippen LogP contribution is -2.12. The Labute approximate surface area is 104 Å². The van der Waals surface area contributed by atoms with Gasteiger partial charge in [0.1, 0.15) is 5.75 Å². The molecule has 1 aromatic carbocycles. The molecule has 0 bridgehead atoms. The van der Waals surface area contributed by atoms with E-state index in [0.717, 1.165) is 11.1 Å². The van der Waals surface area contributed by atoms with E-state index in [4.69, 9.17) is 21.1 Å². The number of carbonyl (C=O) groups is 1. The number of methoxy groups -OCH3 is 2. The molecule has 2 aromatic rings. The quantitative estimate of drug-likeness (QED) is 0.783. The van der Waals surface area contributed by atoms with Crippen LogP contribution in [0.2, 0.25) is 5.02 Å². The summed E-state index contributed by atoms with van der Waals surface area (Å²) in [5.74, 6) is 0.584. The first kappa shape index (κ1) is 11.8. The number of fused-ring (bicyclic) bond motifs is 1. The van der Waals surface area contributed by atoms with Crippen molar-refractivity contribution in [1.29, 1.82) is 0 Å². The van der Waals surface area contributed by atoms with Gasteiger partial charge in [0, 0.05) is 11.1 Å². The summed E-state index contributed by atoms with van der Waals surface area (Å²) in [6.45, 7) is 1.82. The molecule has 0 aliphatic heterocycles. The molecule has 0 fully saturated rings. The van der Waals surface area contributed by atoms with Crippen molar-refractivity contribution < 1.29 is 14.3 Å². The zero-order valence-corrected chi connectivity index (χ0v) is 10.5. The number of carbonyl (C=O) groups excluding carboxylic acids is 1. The summed E-state index contributed by atoms with van der Waals surface area (Å²) in [5, 5.41) is 1.27. The van der Waals surface area contributed by atoms with Gasteiger partial charge in [-0.2, -0.15) is 0 Å². The SMILES string of the molecule is COC(=O)n1c(C)cc2c(Cl)c(OC)ccc21. The molecule has 1 heterocycles. The molecule has 0 aliphatic rings. The second-order valence-corrected chi connectivity index (χ2v) is 3.98. The van der Waals surface area contributed by atoms with E-state index < -0.39 is 6.09 Å². The van der Waals surface area contributed by atoms with E-state index in [9.17, 15) is 4.79 Å². The van der Waals surface area contributed by atoms with Crippen molar-refractivity contribution in [2.45, 2.75) is 6.92 Å². The van der Waals surface area contributed by atoms with Crippen molar-refractivity contribution in [2.75, 3.05) is 14.2 Å². The van der Waals surface area contributed by atoms with Gasteiger partial charge in [-0.15, -0.1) is 0 Å². The van der Waals surface area contributed by atoms with Crippen molar-refractivity contribution in [3.63, 3.8) is 0 Å². The van der Waals surface area contributed by atoms with Crippen LogP contribution in [0.15, 0.2) is 18.2 Å². The van der Waals surface area contributed by atoms with E-state index >= 15 is 0 Å². The molecule has 0 amide bonds. The number of hydrogen-bond acceptors (Lipinski definition) is 3. The number of hydrogen-bond donors (Lipinski definition) is 0. The van der Waals surface area contributed by atoms with Crippen molar-refractivity contribution in [3.05, 3.63) is 28.9 Å². The van der Waals surface area contributed by atoms with Crippen LogP contribution in [0.25, 0.3) is 10.9 Å². The molecule has 0 atom stereocenters. The van der Waals surface area contributed by atoms with Gasteiger partial charge in [0.25, 0.3) is 0 Å². The Hall–Kier alpha value is -1.68. The van der Waals surface area contributed by atoms with E-state index in [1.165, 1.54) is 11.7 Å². The fraction of sp³-hybridized carbons (Fsp3) is 0.250. The number of rotatable bonds is 1. The Kier molecular flexibility index (Phi) is 2.98. The minimum Gasteiger partial charge on any atom is -0.495 e. The molecule has 0 radical (unpaired) electrons. The maximum absolute atomic E-state index is 11.6. The standard InChI is InChI=1S/C12H12ClNO3/c1-7-6-8-9(14(7)12(15)17-3)4-5-10(16-2)11(8)13/h4-6H,1-3H3. The van der Waals surface area contributed by atoms with E-state index in [1.807, 2.05) is 13.0 Å². The predicted octanol–water partition coefficient (Wildman–Crippen LogP) is 3.23. The van der Waals surface area contributed by atoms with E-state index in [-0.39, 0.29) is 0 Å². The first-order chi connectivity index (χ1) is 8.10. The highest BCUT2D eigenvalue weighted by molar-refractivity contribution is 6.37. The normalized spacial score (nSPS) is 10.6. The van der Waals surface area contributed by atoms with Gasteiger partial charge in [-0.3, -0.25) is 0 Å². The largest absolute Gasteiger partial charge is 0.495 e. The molecule has 4 nitrogen and oxygen atoms in total. The second kappa shape index (κ2) is 4.30. The molecule has 1 aromatic heterocycles. The smallest absolute Gasteiger partial charge is 0.418 e. The Morgan fingerprint density at radius 3 is 2.65 bits per heavy atom. The highest BCUT2D eigenvalue weighted by atomic mass is 35.5. The van der Waals surface area contributed by atoms with Gasteiger partial charge in [-0.1, -0.05) is 11.6 Å². The zero-order valence-electron chi connectivity index (χ0n) is 9.78. The van der Waals surface area contributed by atoms with Crippen LogP contribution in [0.3, 0.4) is 0 Å². The van der Waals surface area contributed by atoms with Gasteiger partial charge in [0.15, 0.2) is 0 Å². The highest BCUT2D eigenvalue weighted by Crippen LogP contribution is 2.34. The average molecular weight is 254 g/mol. The minimum atomic E-state index is -0.432. The van der Waals surface area contributed by atoms with E-state index in [2.05, 4.69) is 0 Å². The lowest BCUT2D eigenvalue weighted by molar-refractivity contribution is 0.173. The molecule has 0 aliphatic carbocycles. The molecule has 2 rings (SSSR count). The monoisotopic (exact) mass is 253 g/mol. The number of halogens is 1. The first-order valence-electron chi connectivity index (χ1n) is 5.03. The number of ether oxygens (including phenoxy) is 2. The summed E-state index contributed by atoms with van der Waals surface area (Å²) in [7, 11) is 2.90. The Morgan fingerprint density at radius 1 is 1.35 bits per heavy atom. The summed E-state index contributed by atoms with van der Waals surface area (Å²) >= 11 is 6.18. The van der Waals surface area contributed by atoms with Crippen LogP contribution >= 0.6 is 11.6 Å². The first-order valence-corrected chi connectivity index (χ1v) is 5.40. The fourth-order valence-electron chi connectivity index (χ4n) is 1.85. The number of benzene rings is 1. The lowest BCUT2D eigenvalue weighted by Gasteiger charge is -2.06. The van der Waals surface area contributed by atoms with Crippen LogP contribution in [-0.4, -0.2) is 24.9 Å². The van der Waals surface area contributed by atoms with E-state index in [1.54, 1.807) is 19.2 Å². The van der Waals surface area contributed by atoms with Crippen LogP contribution in [0.1, 0.15) is 5.69 Å². The minimum absolute atomic E-state index is 0.432. The molecular formula is C12H12ClNO3. The van der Waals surface area contributed by atoms with E-state index in [0.29, 0.717) is 16.3 Å². The summed E-state index contributed by atoms with van der Waals surface area (Å²) in [6.07, 6.45) is -0.432. The highest BCUT2D eigenvalue weighted by Gasteiger charge is 2.16. The van der Waals surface area contributed by atoms with Crippen LogP contribution in [0, 0.1) is 6.92 Å². The van der Waals surface area contributed by atoms with Crippen molar-refractivity contribution in [1.82, 2.24) is 4.57 Å². The topological polar surface area (TPSA) is 40.5 Å². The molecule has 5 heteroatoms. The Balaban J connectivity index is 2.77. The number of aromatic nitrogens is 1. The summed E-state index contributed by atoms with van der Waals surface area (Å²) < 4.78 is 11.3. The maximum atomic E-state index is 11.6. The third-order valence-corrected chi connectivity index (χ3v) is 3.04. The van der Waals surface area contributed by atoms with Crippen LogP contribution in [-0.2, 0) is 4.74 Å². The number of aryl methyl sites for hydroxylation is 1. The van der Waals surface area contributed by atoms with Crippen LogP contribution in [0.5, 0.6) is 5.75 Å². The summed E-state index contributed by atoms with van der Waals surface area (Å²) in [5.41, 5.74) is 1.47. The summed E-state index contributed by atoms with van der Waals surface area (Å²) in [4.78, 5) is 11.6. The summed E-state index contributed by atoms with van der Waals surface area (Å²) in [6, 6.07) is 5.34. The third-order valence-electron chi connectivity index (χ3n) is 2.65. The van der Waals surface area contributed by atoms with Gasteiger partial charge in [0.05, 0.1) is 24.8 Å². The molecule has 0 N–H and O–H groups in total. The van der Waals surface area contributed by atoms with Gasteiger partial charge in [-0.25, -0.2) is 9.36 Å². The van der Waals surface area contributed by atoms with Crippen LogP contribution in [0.4, 0.5) is 4.79 Å². The second-order valence-electron chi connectivity index (χ2n) is 3.61. The molecule has 0 saturated heterocycles. The predicted molar refractivity (Wildman–Crippen MR) is 66.0 cm³/mol. The number of nitrogens with zero attached hydrogens (tertiary/aromatic N) is 1. The Morgan fingerprint density at radius 2 is 2.06 bits per heavy atom. The van der Waals surface area contributed by atoms with Gasteiger partial charge in [0.2, 0.25) is 0 Å². The third kappa shape index (κ3) is 1.74. The van der Waals surface area contributed by atoms with Crippen molar-refractivity contribution in [2.24, 2.45) is 0 Å². The fourth-order valence-corrected chi connectivity index (χ4v) is 2.14. The Bertz CT molecular complexity index is 589. The molecular weight excluding hydrogens is 242 g/mol. The lowest BCUT2D eigenvalue weighted by atomic mass is 10.2. The molecule has 0 unspecified atom stereocenters.